The molecular weight excluding hydrogens is 2090 g/mol. The Morgan fingerprint density at radius 2 is 0.832 bits per heavy atom. The van der Waals surface area contributed by atoms with Crippen molar-refractivity contribution in [1.29, 1.82) is 0 Å². The van der Waals surface area contributed by atoms with Crippen LogP contribution in [-0.4, -0.2) is 83.0 Å². The molecule has 0 aromatic heterocycles. The van der Waals surface area contributed by atoms with Crippen molar-refractivity contribution in [3.05, 3.63) is 288 Å². The molecule has 0 unspecified atom stereocenters. The minimum absolute atomic E-state index is 0.265. The lowest BCUT2D eigenvalue weighted by Gasteiger charge is -2.16. The van der Waals surface area contributed by atoms with Gasteiger partial charge in [0.05, 0.1) is 58.9 Å². The number of carbonyl (C=O) groups excluding carboxylic acids is 4. The van der Waals surface area contributed by atoms with Crippen LogP contribution in [0.5, 0.6) is 11.5 Å². The van der Waals surface area contributed by atoms with Gasteiger partial charge in [0.25, 0.3) is 0 Å². The number of rotatable bonds is 31. The molecule has 119 heavy (non-hydrogen) atoms. The summed E-state index contributed by atoms with van der Waals surface area (Å²) in [6.07, 6.45) is 22.9. The van der Waals surface area contributed by atoms with Gasteiger partial charge < -0.3 is 50.9 Å². The third-order valence-electron chi connectivity index (χ3n) is 15.4. The lowest BCUT2D eigenvalue weighted by molar-refractivity contribution is -0.138. The number of esters is 4. The molecule has 0 aliphatic carbocycles. The number of thiol groups is 1. The average molecular weight is 2190 g/mol. The van der Waals surface area contributed by atoms with Crippen molar-refractivity contribution in [2.45, 2.75) is 114 Å². The van der Waals surface area contributed by atoms with Gasteiger partial charge in [-0.05, 0) is 279 Å². The average Bonchev–Trinajstić information content (AvgIpc) is 0.818. The molecule has 0 amide bonds. The number of thioether (sulfide) groups is 2. The molecule has 28 heteroatoms. The molecule has 0 spiro atoms. The zero-order valence-electron chi connectivity index (χ0n) is 68.1. The highest BCUT2D eigenvalue weighted by atomic mass is 127. The predicted molar refractivity (Wildman–Crippen MR) is 526 cm³/mol. The number of anilines is 5. The summed E-state index contributed by atoms with van der Waals surface area (Å²) in [5.41, 5.74) is 24.3. The Morgan fingerprint density at radius 1 is 0.454 bits per heavy atom. The topological polar surface area (TPSA) is 214 Å². The summed E-state index contributed by atoms with van der Waals surface area (Å²) in [7, 11) is 3.66. The molecule has 9 aromatic rings. The van der Waals surface area contributed by atoms with Gasteiger partial charge in [-0.2, -0.15) is 12.6 Å². The van der Waals surface area contributed by atoms with E-state index in [2.05, 4.69) is 148 Å². The van der Waals surface area contributed by atoms with E-state index in [1.54, 1.807) is 90.8 Å². The normalized spacial score (nSPS) is 10.4. The number of hydrogen-bond donors (Lipinski definition) is 5. The van der Waals surface area contributed by atoms with E-state index >= 15 is 0 Å². The third-order valence-corrected chi connectivity index (χ3v) is 24.9. The van der Waals surface area contributed by atoms with Crippen LogP contribution in [0.1, 0.15) is 120 Å². The standard InChI is InChI=1S/C25H23BrFNO3S.C18H18FNO2S.C12H27P.C11H11BrFNO2.C7H6BrIO.C7H8S.C6H4BrFIN.C5H8O2/c1-3-31-25(29)12-9-18-13-24(32-16-17-7-5-4-6-8-17)20(27)15-22(18)28-21-11-10-19(26)14-23(21)30-2;1-2-22-18(21)9-8-14-10-17(15(19)11-16(14)20)23-12-13-6-4-3-5-7-13;1-4-7-10-13(11-8-5-2)12-9-6-3;1-2-16-11(15)4-3-7-5-8(12)9(13)6-10(7)14;1-10-7-4-5(8)2-3-6(7)9;8-6-7-4-2-1-3-5-7;7-3-1-5(9)6(10)2-4(3)8;1-3-5(6)7-4-2/h4-15,28H,3,16H2,1-2H3;3-11H,2,12,20H2,1H3;4-12H2,1-3H3;3-6H,2,14H2,1H3;2-4H,1H3;1-5,8H,6H2;1-2H,10H2;3H,1,4H2,2H3/b12-9+;9-8+;;4-3+;;;;. The van der Waals surface area contributed by atoms with Crippen LogP contribution < -0.4 is 32.0 Å². The molecule has 0 saturated carbocycles. The maximum absolute atomic E-state index is 15.0. The molecule has 642 valence electrons. The summed E-state index contributed by atoms with van der Waals surface area (Å²) in [6, 6.07) is 53.0. The van der Waals surface area contributed by atoms with Crippen LogP contribution in [0.15, 0.2) is 234 Å². The summed E-state index contributed by atoms with van der Waals surface area (Å²) in [4.78, 5) is 45.3. The number of nitrogens with one attached hydrogen (secondary N) is 1. The van der Waals surface area contributed by atoms with Crippen LogP contribution in [0.2, 0.25) is 0 Å². The zero-order valence-corrected chi connectivity index (χ0v) is 82.2. The first kappa shape index (κ1) is 108. The smallest absolute Gasteiger partial charge is 0.330 e. The molecule has 0 aliphatic heterocycles. The largest absolute Gasteiger partial charge is 0.496 e. The summed E-state index contributed by atoms with van der Waals surface area (Å²) < 4.78 is 88.8. The van der Waals surface area contributed by atoms with Crippen molar-refractivity contribution in [3.63, 3.8) is 0 Å². The van der Waals surface area contributed by atoms with Gasteiger partial charge >= 0.3 is 23.9 Å². The predicted octanol–water partition coefficient (Wildman–Crippen LogP) is 27.8. The number of benzene rings is 9. The van der Waals surface area contributed by atoms with Gasteiger partial charge in [-0.3, -0.25) is 0 Å². The first-order chi connectivity index (χ1) is 57.1. The van der Waals surface area contributed by atoms with Crippen LogP contribution in [-0.2, 0) is 55.4 Å². The molecule has 14 nitrogen and oxygen atoms in total. The number of nitrogen functional groups attached to an aromatic ring is 3. The van der Waals surface area contributed by atoms with Crippen molar-refractivity contribution < 1.29 is 65.2 Å². The quantitative estimate of drug-likeness (QED) is 0.00261. The summed E-state index contributed by atoms with van der Waals surface area (Å²) >= 11 is 24.0. The monoisotopic (exact) mass is 2190 g/mol. The fourth-order valence-corrected chi connectivity index (χ4v) is 17.2. The Bertz CT molecular complexity index is 4550. The van der Waals surface area contributed by atoms with Gasteiger partial charge in [-0.25, -0.2) is 36.7 Å². The Morgan fingerprint density at radius 3 is 1.23 bits per heavy atom. The highest BCUT2D eigenvalue weighted by Gasteiger charge is 2.15. The van der Waals surface area contributed by atoms with E-state index in [0.29, 0.717) is 97.5 Å². The zero-order chi connectivity index (χ0) is 88.5. The number of nitrogens with two attached hydrogens (primary N) is 3. The molecule has 0 fully saturated rings. The van der Waals surface area contributed by atoms with Crippen LogP contribution in [0, 0.1) is 30.4 Å². The van der Waals surface area contributed by atoms with Crippen molar-refractivity contribution in [1.82, 2.24) is 0 Å². The maximum atomic E-state index is 15.0. The van der Waals surface area contributed by atoms with Crippen LogP contribution >= 0.6 is 153 Å². The lowest BCUT2D eigenvalue weighted by Crippen LogP contribution is -2.00. The van der Waals surface area contributed by atoms with Gasteiger partial charge in [-0.15, -0.1) is 31.4 Å². The SMILES string of the molecule is C=CC(=O)OCC.CCCCP(CCCC)CCCC.CCOC(=O)/C=C/c1cc(Br)c(F)cc1N.CCOC(=O)/C=C/c1cc(SCc2ccccc2)c(F)cc1N.CCOC(=O)/C=C/c1cc(SCc2ccccc2)c(F)cc1Nc1ccc(Br)cc1OC.COc1cc(Br)ccc1I.Nc1cc(F)c(Br)cc1I.SCc1ccccc1. The van der Waals surface area contributed by atoms with Crippen LogP contribution in [0.3, 0.4) is 0 Å². The van der Waals surface area contributed by atoms with E-state index in [0.717, 1.165) is 44.8 Å². The van der Waals surface area contributed by atoms with Gasteiger partial charge in [0.2, 0.25) is 0 Å². The second kappa shape index (κ2) is 64.9. The fourth-order valence-electron chi connectivity index (χ4n) is 9.35. The molecule has 0 radical (unpaired) electrons. The van der Waals surface area contributed by atoms with Crippen LogP contribution in [0.25, 0.3) is 18.2 Å². The second-order valence-corrected chi connectivity index (χ2v) is 35.4. The molecule has 9 rings (SSSR count). The van der Waals surface area contributed by atoms with Gasteiger partial charge in [-0.1, -0.05) is 169 Å². The number of ether oxygens (including phenoxy) is 6. The van der Waals surface area contributed by atoms with Gasteiger partial charge in [0.1, 0.15) is 34.8 Å². The fraction of sp³-hybridized carbons (Fsp3) is 0.275. The maximum Gasteiger partial charge on any atom is 0.330 e. The molecular formula is C91H105Br4F4I2N4O10PS3. The minimum atomic E-state index is -0.456. The van der Waals surface area contributed by atoms with Gasteiger partial charge in [0, 0.05) is 86.6 Å². The number of unbranched alkanes of at least 4 members (excludes halogenated alkanes) is 3. The molecule has 9 aromatic carbocycles. The first-order valence-corrected chi connectivity index (χ1v) is 47.6. The molecule has 0 heterocycles. The number of hydrogen-bond acceptors (Lipinski definition) is 17. The summed E-state index contributed by atoms with van der Waals surface area (Å²) in [5, 5.41) is 3.22. The third kappa shape index (κ3) is 46.9. The van der Waals surface area contributed by atoms with Gasteiger partial charge in [0.15, 0.2) is 0 Å². The minimum Gasteiger partial charge on any atom is -0.496 e. The van der Waals surface area contributed by atoms with E-state index in [1.807, 2.05) is 138 Å². The van der Waals surface area contributed by atoms with Crippen molar-refractivity contribution in [3.8, 4) is 11.5 Å². The number of methoxy groups -OCH3 is 2. The summed E-state index contributed by atoms with van der Waals surface area (Å²) in [5.74, 6) is 0.438. The summed E-state index contributed by atoms with van der Waals surface area (Å²) in [6.45, 7) is 18.4. The first-order valence-electron chi connectivity index (χ1n) is 37.8. The highest BCUT2D eigenvalue weighted by molar-refractivity contribution is 14.1. The van der Waals surface area contributed by atoms with Crippen molar-refractivity contribution in [2.24, 2.45) is 0 Å². The number of carbonyl (C=O) groups is 4. The molecule has 0 bridgehead atoms. The van der Waals surface area contributed by atoms with E-state index in [9.17, 15) is 36.7 Å². The van der Waals surface area contributed by atoms with E-state index in [-0.39, 0.29) is 41.4 Å². The Balaban J connectivity index is 0.000000487. The molecule has 0 aliphatic rings. The van der Waals surface area contributed by atoms with Crippen molar-refractivity contribution in [2.75, 3.05) is 81.7 Å². The molecule has 0 atom stereocenters. The molecule has 7 N–H and O–H groups in total. The van der Waals surface area contributed by atoms with E-state index in [1.165, 1.54) is 122 Å². The second-order valence-electron chi connectivity index (χ2n) is 24.5. The Kier molecular flexibility index (Phi) is 59.1. The van der Waals surface area contributed by atoms with E-state index in [4.69, 9.17) is 40.9 Å². The van der Waals surface area contributed by atoms with Crippen molar-refractivity contribution >= 4 is 224 Å². The molecule has 0 saturated heterocycles. The Hall–Kier alpha value is -6.80. The highest BCUT2D eigenvalue weighted by Crippen LogP contribution is 2.40. The van der Waals surface area contributed by atoms with E-state index < -0.39 is 23.7 Å². The Labute approximate surface area is 776 Å². The lowest BCUT2D eigenvalue weighted by atomic mass is 10.1. The number of halogens is 10. The van der Waals surface area contributed by atoms with Crippen LogP contribution in [0.4, 0.5) is 46.0 Å².